The number of nitriles is 1. The van der Waals surface area contributed by atoms with Crippen LogP contribution in [-0.2, 0) is 4.74 Å². The third-order valence-electron chi connectivity index (χ3n) is 4.14. The monoisotopic (exact) mass is 250 g/mol. The summed E-state index contributed by atoms with van der Waals surface area (Å²) in [6, 6.07) is 3.01. The molecule has 0 aromatic carbocycles. The Balaban J connectivity index is 1.54. The Bertz CT molecular complexity index is 289. The summed E-state index contributed by atoms with van der Waals surface area (Å²) in [5.74, 6) is 0.803. The predicted molar refractivity (Wildman–Crippen MR) is 72.2 cm³/mol. The van der Waals surface area contributed by atoms with Gasteiger partial charge < -0.3 is 4.74 Å². The van der Waals surface area contributed by atoms with Gasteiger partial charge in [-0.15, -0.1) is 0 Å². The summed E-state index contributed by atoms with van der Waals surface area (Å²) < 4.78 is 5.74. The maximum absolute atomic E-state index is 9.24. The standard InChI is InChI=1S/C15H26N2O/c1-15(12-16,17-14-7-8-14)9-4-10-18-11-13-5-2-3-6-13/h13-14,17H,2-11H2,1H3. The molecule has 18 heavy (non-hydrogen) atoms. The smallest absolute Gasteiger partial charge is 0.104 e. The quantitative estimate of drug-likeness (QED) is 0.674. The zero-order chi connectivity index (χ0) is 12.8. The second-order valence-electron chi connectivity index (χ2n) is 6.19. The number of nitrogens with zero attached hydrogens (tertiary/aromatic N) is 1. The molecule has 2 saturated carbocycles. The number of ether oxygens (including phenoxy) is 1. The van der Waals surface area contributed by atoms with Gasteiger partial charge in [0.1, 0.15) is 5.54 Å². The predicted octanol–water partition coefficient (Wildman–Crippen LogP) is 3.01. The SMILES string of the molecule is CC(C#N)(CCCOCC1CCCC1)NC1CC1. The summed E-state index contributed by atoms with van der Waals surface area (Å²) >= 11 is 0. The maximum atomic E-state index is 9.24. The van der Waals surface area contributed by atoms with Crippen LogP contribution in [0.5, 0.6) is 0 Å². The van der Waals surface area contributed by atoms with Crippen LogP contribution in [-0.4, -0.2) is 24.8 Å². The fraction of sp³-hybridized carbons (Fsp3) is 0.933. The molecule has 1 N–H and O–H groups in total. The summed E-state index contributed by atoms with van der Waals surface area (Å²) in [7, 11) is 0. The van der Waals surface area contributed by atoms with E-state index in [4.69, 9.17) is 4.74 Å². The summed E-state index contributed by atoms with van der Waals surface area (Å²) in [5.41, 5.74) is -0.349. The minimum absolute atomic E-state index is 0.349. The first-order valence-corrected chi connectivity index (χ1v) is 7.48. The minimum atomic E-state index is -0.349. The van der Waals surface area contributed by atoms with Crippen molar-refractivity contribution in [1.82, 2.24) is 5.32 Å². The topological polar surface area (TPSA) is 45.0 Å². The first-order valence-electron chi connectivity index (χ1n) is 7.48. The fourth-order valence-electron chi connectivity index (χ4n) is 2.79. The molecule has 0 bridgehead atoms. The van der Waals surface area contributed by atoms with Gasteiger partial charge >= 0.3 is 0 Å². The Morgan fingerprint density at radius 3 is 2.61 bits per heavy atom. The molecule has 0 amide bonds. The van der Waals surface area contributed by atoms with Gasteiger partial charge in [-0.3, -0.25) is 5.32 Å². The third kappa shape index (κ3) is 4.59. The van der Waals surface area contributed by atoms with Crippen molar-refractivity contribution in [3.8, 4) is 6.07 Å². The Kier molecular flexibility index (Phi) is 5.03. The van der Waals surface area contributed by atoms with Crippen LogP contribution in [0.3, 0.4) is 0 Å². The molecule has 0 radical (unpaired) electrons. The lowest BCUT2D eigenvalue weighted by Gasteiger charge is -2.23. The number of hydrogen-bond donors (Lipinski definition) is 1. The fourth-order valence-corrected chi connectivity index (χ4v) is 2.79. The molecule has 0 aromatic heterocycles. The summed E-state index contributed by atoms with van der Waals surface area (Å²) in [4.78, 5) is 0. The van der Waals surface area contributed by atoms with Gasteiger partial charge in [-0.25, -0.2) is 0 Å². The molecular weight excluding hydrogens is 224 g/mol. The highest BCUT2D eigenvalue weighted by Crippen LogP contribution is 2.26. The van der Waals surface area contributed by atoms with E-state index in [1.807, 2.05) is 6.92 Å². The summed E-state index contributed by atoms with van der Waals surface area (Å²) in [6.45, 7) is 3.75. The van der Waals surface area contributed by atoms with Gasteiger partial charge in [0.15, 0.2) is 0 Å². The van der Waals surface area contributed by atoms with Gasteiger partial charge in [-0.1, -0.05) is 12.8 Å². The van der Waals surface area contributed by atoms with Crippen LogP contribution in [0.4, 0.5) is 0 Å². The molecule has 2 aliphatic carbocycles. The van der Waals surface area contributed by atoms with Crippen LogP contribution in [0.2, 0.25) is 0 Å². The van der Waals surface area contributed by atoms with Crippen molar-refractivity contribution < 1.29 is 4.74 Å². The molecule has 1 unspecified atom stereocenters. The molecule has 102 valence electrons. The first kappa shape index (κ1) is 13.8. The Hall–Kier alpha value is -0.590. The second-order valence-corrected chi connectivity index (χ2v) is 6.19. The van der Waals surface area contributed by atoms with Crippen molar-refractivity contribution in [3.63, 3.8) is 0 Å². The lowest BCUT2D eigenvalue weighted by molar-refractivity contribution is 0.0951. The van der Waals surface area contributed by atoms with Crippen molar-refractivity contribution in [2.45, 2.75) is 69.9 Å². The molecule has 2 rings (SSSR count). The number of nitrogens with one attached hydrogen (secondary N) is 1. The highest BCUT2D eigenvalue weighted by atomic mass is 16.5. The Morgan fingerprint density at radius 1 is 1.28 bits per heavy atom. The van der Waals surface area contributed by atoms with Crippen LogP contribution < -0.4 is 5.32 Å². The van der Waals surface area contributed by atoms with E-state index in [0.29, 0.717) is 6.04 Å². The summed E-state index contributed by atoms with van der Waals surface area (Å²) in [5, 5.41) is 12.7. The lowest BCUT2D eigenvalue weighted by Crippen LogP contribution is -2.42. The van der Waals surface area contributed by atoms with Crippen molar-refractivity contribution in [2.24, 2.45) is 5.92 Å². The molecule has 0 heterocycles. The molecule has 1 atom stereocenters. The molecule has 0 aromatic rings. The highest BCUT2D eigenvalue weighted by Gasteiger charge is 2.31. The first-order chi connectivity index (χ1) is 8.72. The molecule has 0 aliphatic heterocycles. The normalized spacial score (nSPS) is 23.8. The minimum Gasteiger partial charge on any atom is -0.381 e. The van der Waals surface area contributed by atoms with Gasteiger partial charge in [-0.05, 0) is 51.4 Å². The van der Waals surface area contributed by atoms with Gasteiger partial charge in [0.25, 0.3) is 0 Å². The van der Waals surface area contributed by atoms with Crippen molar-refractivity contribution in [1.29, 1.82) is 5.26 Å². The second kappa shape index (κ2) is 6.54. The molecule has 3 heteroatoms. The van der Waals surface area contributed by atoms with Gasteiger partial charge in [0.05, 0.1) is 6.07 Å². The average molecular weight is 250 g/mol. The van der Waals surface area contributed by atoms with Crippen molar-refractivity contribution >= 4 is 0 Å². The van der Waals surface area contributed by atoms with Crippen LogP contribution in [0.25, 0.3) is 0 Å². The van der Waals surface area contributed by atoms with Crippen LogP contribution in [0.15, 0.2) is 0 Å². The Morgan fingerprint density at radius 2 is 2.00 bits per heavy atom. The van der Waals surface area contributed by atoms with Crippen LogP contribution >= 0.6 is 0 Å². The van der Waals surface area contributed by atoms with E-state index in [2.05, 4.69) is 11.4 Å². The zero-order valence-electron chi connectivity index (χ0n) is 11.6. The van der Waals surface area contributed by atoms with Crippen molar-refractivity contribution in [3.05, 3.63) is 0 Å². The molecule has 0 spiro atoms. The molecule has 2 fully saturated rings. The summed E-state index contributed by atoms with van der Waals surface area (Å²) in [6.07, 6.45) is 9.79. The van der Waals surface area contributed by atoms with Crippen LogP contribution in [0.1, 0.15) is 58.3 Å². The van der Waals surface area contributed by atoms with Crippen LogP contribution in [0, 0.1) is 17.2 Å². The van der Waals surface area contributed by atoms with E-state index in [1.165, 1.54) is 38.5 Å². The number of rotatable bonds is 8. The number of hydrogen-bond acceptors (Lipinski definition) is 3. The molecule has 3 nitrogen and oxygen atoms in total. The van der Waals surface area contributed by atoms with E-state index < -0.39 is 0 Å². The molecule has 0 saturated heterocycles. The molecule has 2 aliphatic rings. The third-order valence-corrected chi connectivity index (χ3v) is 4.14. The zero-order valence-corrected chi connectivity index (χ0v) is 11.6. The Labute approximate surface area is 111 Å². The van der Waals surface area contributed by atoms with E-state index in [0.717, 1.165) is 32.0 Å². The van der Waals surface area contributed by atoms with Crippen molar-refractivity contribution in [2.75, 3.05) is 13.2 Å². The average Bonchev–Trinajstić information content (AvgIpc) is 3.01. The van der Waals surface area contributed by atoms with Gasteiger partial charge in [0, 0.05) is 19.3 Å². The van der Waals surface area contributed by atoms with E-state index in [9.17, 15) is 5.26 Å². The van der Waals surface area contributed by atoms with E-state index in [-0.39, 0.29) is 5.54 Å². The van der Waals surface area contributed by atoms with Gasteiger partial charge in [0.2, 0.25) is 0 Å². The van der Waals surface area contributed by atoms with Gasteiger partial charge in [-0.2, -0.15) is 5.26 Å². The lowest BCUT2D eigenvalue weighted by atomic mass is 9.98. The highest BCUT2D eigenvalue weighted by molar-refractivity contribution is 5.06. The maximum Gasteiger partial charge on any atom is 0.104 e. The van der Waals surface area contributed by atoms with E-state index in [1.54, 1.807) is 0 Å². The molecular formula is C15H26N2O. The largest absolute Gasteiger partial charge is 0.381 e. The van der Waals surface area contributed by atoms with E-state index >= 15 is 0 Å².